The van der Waals surface area contributed by atoms with E-state index in [-0.39, 0.29) is 26.7 Å². The van der Waals surface area contributed by atoms with Crippen molar-refractivity contribution in [3.8, 4) is 5.75 Å². The first kappa shape index (κ1) is 24.8. The number of fused-ring (bicyclic) bond motifs is 1. The van der Waals surface area contributed by atoms with E-state index in [0.717, 1.165) is 6.07 Å². The van der Waals surface area contributed by atoms with Crippen molar-refractivity contribution < 1.29 is 28.8 Å². The number of methoxy groups -OCH3 is 1. The summed E-state index contributed by atoms with van der Waals surface area (Å²) in [7, 11) is 1.45. The van der Waals surface area contributed by atoms with E-state index < -0.39 is 46.2 Å². The van der Waals surface area contributed by atoms with Gasteiger partial charge in [0.05, 0.1) is 27.6 Å². The number of nitrogens with zero attached hydrogens (tertiary/aromatic N) is 3. The lowest BCUT2D eigenvalue weighted by molar-refractivity contribution is -0.385. The summed E-state index contributed by atoms with van der Waals surface area (Å²) >= 11 is 12.0. The maximum atomic E-state index is 13.5. The highest BCUT2D eigenvalue weighted by Crippen LogP contribution is 2.33. The van der Waals surface area contributed by atoms with Crippen molar-refractivity contribution in [2.75, 3.05) is 13.7 Å². The summed E-state index contributed by atoms with van der Waals surface area (Å²) < 4.78 is 5.07. The Labute approximate surface area is 213 Å². The van der Waals surface area contributed by atoms with Gasteiger partial charge in [0.1, 0.15) is 17.9 Å². The second-order valence-electron chi connectivity index (χ2n) is 7.52. The molecule has 0 saturated carbocycles. The van der Waals surface area contributed by atoms with Gasteiger partial charge in [-0.3, -0.25) is 29.3 Å². The Morgan fingerprint density at radius 3 is 2.25 bits per heavy atom. The Bertz CT molecular complexity index is 1440. The fourth-order valence-electron chi connectivity index (χ4n) is 3.64. The summed E-state index contributed by atoms with van der Waals surface area (Å²) in [5.41, 5.74) is -1.24. The summed E-state index contributed by atoms with van der Waals surface area (Å²) in [5.74, 6) is -3.15. The van der Waals surface area contributed by atoms with Gasteiger partial charge in [-0.25, -0.2) is 5.01 Å². The predicted octanol–water partition coefficient (Wildman–Crippen LogP) is 4.45. The Morgan fingerprint density at radius 2 is 1.64 bits per heavy atom. The molecule has 0 bridgehead atoms. The highest BCUT2D eigenvalue weighted by Gasteiger charge is 2.46. The molecule has 182 valence electrons. The quantitative estimate of drug-likeness (QED) is 0.192. The van der Waals surface area contributed by atoms with Gasteiger partial charge in [0.25, 0.3) is 23.4 Å². The molecule has 0 aliphatic carbocycles. The van der Waals surface area contributed by atoms with Crippen LogP contribution in [0.1, 0.15) is 41.4 Å². The van der Waals surface area contributed by atoms with E-state index in [1.54, 1.807) is 0 Å². The number of Topliss-reactive ketones (excluding diaryl/α,β-unsaturated/α-hetero) is 1. The number of amides is 3. The van der Waals surface area contributed by atoms with Gasteiger partial charge >= 0.3 is 0 Å². The first-order valence-electron chi connectivity index (χ1n) is 10.2. The third-order valence-electron chi connectivity index (χ3n) is 5.42. The minimum absolute atomic E-state index is 0.0296. The largest absolute Gasteiger partial charge is 0.497 e. The zero-order chi connectivity index (χ0) is 26.1. The molecular formula is C24H15Cl2N3O7. The van der Waals surface area contributed by atoms with Crippen LogP contribution in [0.15, 0.2) is 60.7 Å². The second kappa shape index (κ2) is 9.76. The molecule has 10 nitrogen and oxygen atoms in total. The van der Waals surface area contributed by atoms with Crippen LogP contribution in [-0.4, -0.2) is 52.1 Å². The first-order chi connectivity index (χ1) is 17.1. The SMILES string of the molecule is COc1ccc(C(=O)CN(C(=O)c2ccc(Cl)c(Cl)c2)N2C(=O)c3cccc([N+](=O)[O-])c3C2=O)cc1. The van der Waals surface area contributed by atoms with Gasteiger partial charge in [-0.1, -0.05) is 29.3 Å². The average molecular weight is 528 g/mol. The molecule has 0 spiro atoms. The van der Waals surface area contributed by atoms with Crippen LogP contribution in [0.2, 0.25) is 10.0 Å². The van der Waals surface area contributed by atoms with Crippen LogP contribution >= 0.6 is 23.2 Å². The molecule has 4 rings (SSSR count). The summed E-state index contributed by atoms with van der Waals surface area (Å²) in [6.07, 6.45) is 0. The van der Waals surface area contributed by atoms with Gasteiger partial charge < -0.3 is 4.74 Å². The third kappa shape index (κ3) is 4.39. The number of nitro benzene ring substituents is 1. The van der Waals surface area contributed by atoms with E-state index in [9.17, 15) is 29.3 Å². The van der Waals surface area contributed by atoms with E-state index in [4.69, 9.17) is 27.9 Å². The van der Waals surface area contributed by atoms with Crippen molar-refractivity contribution >= 4 is 52.4 Å². The van der Waals surface area contributed by atoms with Crippen molar-refractivity contribution in [1.29, 1.82) is 0 Å². The Kier molecular flexibility index (Phi) is 6.73. The van der Waals surface area contributed by atoms with Crippen LogP contribution in [0, 0.1) is 10.1 Å². The van der Waals surface area contributed by atoms with Gasteiger partial charge in [-0.15, -0.1) is 0 Å². The Hall–Kier alpha value is -4.28. The van der Waals surface area contributed by atoms with Gasteiger partial charge in [0.15, 0.2) is 5.78 Å². The van der Waals surface area contributed by atoms with Crippen LogP contribution in [0.4, 0.5) is 5.69 Å². The summed E-state index contributed by atoms with van der Waals surface area (Å²) in [4.78, 5) is 63.7. The third-order valence-corrected chi connectivity index (χ3v) is 6.15. The molecule has 1 aliphatic rings. The zero-order valence-electron chi connectivity index (χ0n) is 18.4. The van der Waals surface area contributed by atoms with Crippen molar-refractivity contribution in [1.82, 2.24) is 10.0 Å². The maximum Gasteiger partial charge on any atom is 0.287 e. The van der Waals surface area contributed by atoms with Crippen LogP contribution in [0.5, 0.6) is 5.75 Å². The molecule has 0 N–H and O–H groups in total. The second-order valence-corrected chi connectivity index (χ2v) is 8.34. The van der Waals surface area contributed by atoms with Crippen LogP contribution in [0.25, 0.3) is 0 Å². The lowest BCUT2D eigenvalue weighted by Gasteiger charge is -2.29. The van der Waals surface area contributed by atoms with E-state index in [2.05, 4.69) is 0 Å². The number of ether oxygens (including phenoxy) is 1. The van der Waals surface area contributed by atoms with Crippen LogP contribution in [0.3, 0.4) is 0 Å². The van der Waals surface area contributed by atoms with Gasteiger partial charge in [-0.05, 0) is 48.5 Å². The Balaban J connectivity index is 1.78. The highest BCUT2D eigenvalue weighted by molar-refractivity contribution is 6.42. The number of benzene rings is 3. The monoisotopic (exact) mass is 527 g/mol. The molecule has 3 aromatic carbocycles. The number of halogens is 2. The molecule has 3 aromatic rings. The number of nitro groups is 1. The highest BCUT2D eigenvalue weighted by atomic mass is 35.5. The number of imide groups is 1. The fraction of sp³-hybridized carbons (Fsp3) is 0.0833. The van der Waals surface area contributed by atoms with Crippen LogP contribution in [-0.2, 0) is 0 Å². The molecule has 0 unspecified atom stereocenters. The lowest BCUT2D eigenvalue weighted by atomic mass is 10.1. The van der Waals surface area contributed by atoms with Gasteiger partial charge in [-0.2, -0.15) is 5.01 Å². The fourth-order valence-corrected chi connectivity index (χ4v) is 3.94. The van der Waals surface area contributed by atoms with Crippen LogP contribution < -0.4 is 4.74 Å². The molecule has 0 fully saturated rings. The topological polar surface area (TPSA) is 127 Å². The smallest absolute Gasteiger partial charge is 0.287 e. The number of rotatable bonds is 7. The van der Waals surface area contributed by atoms with Crippen molar-refractivity contribution in [3.63, 3.8) is 0 Å². The average Bonchev–Trinajstić information content (AvgIpc) is 3.13. The molecule has 12 heteroatoms. The summed E-state index contributed by atoms with van der Waals surface area (Å²) in [6.45, 7) is -0.731. The lowest BCUT2D eigenvalue weighted by Crippen LogP contribution is -2.51. The minimum Gasteiger partial charge on any atom is -0.497 e. The number of hydrogen-bond donors (Lipinski definition) is 0. The van der Waals surface area contributed by atoms with Crippen molar-refractivity contribution in [3.05, 3.63) is 103 Å². The van der Waals surface area contributed by atoms with Crippen molar-refractivity contribution in [2.24, 2.45) is 0 Å². The zero-order valence-corrected chi connectivity index (χ0v) is 19.9. The summed E-state index contributed by atoms with van der Waals surface area (Å²) in [5, 5.41) is 12.7. The number of carbonyl (C=O) groups is 4. The molecule has 0 saturated heterocycles. The van der Waals surface area contributed by atoms with Gasteiger partial charge in [0, 0.05) is 17.2 Å². The van der Waals surface area contributed by atoms with E-state index in [1.807, 2.05) is 0 Å². The molecule has 0 atom stereocenters. The number of hydrogen-bond acceptors (Lipinski definition) is 7. The molecule has 3 amide bonds. The molecule has 1 aliphatic heterocycles. The molecule has 0 radical (unpaired) electrons. The van der Waals surface area contributed by atoms with Gasteiger partial charge in [0.2, 0.25) is 0 Å². The normalized spacial score (nSPS) is 12.4. The first-order valence-corrected chi connectivity index (χ1v) is 11.0. The summed E-state index contributed by atoms with van der Waals surface area (Å²) in [6, 6.07) is 13.4. The maximum absolute atomic E-state index is 13.5. The van der Waals surface area contributed by atoms with E-state index in [0.29, 0.717) is 15.8 Å². The number of ketones is 1. The predicted molar refractivity (Wildman–Crippen MR) is 128 cm³/mol. The molecule has 0 aromatic heterocycles. The number of carbonyl (C=O) groups excluding carboxylic acids is 4. The molecule has 1 heterocycles. The number of hydrazine groups is 1. The van der Waals surface area contributed by atoms with E-state index in [1.165, 1.54) is 61.7 Å². The molecular weight excluding hydrogens is 513 g/mol. The molecule has 36 heavy (non-hydrogen) atoms. The Morgan fingerprint density at radius 1 is 0.972 bits per heavy atom. The van der Waals surface area contributed by atoms with E-state index >= 15 is 0 Å². The standard InChI is InChI=1S/C24H15Cl2N3O7/c1-36-15-8-5-13(6-9-15)20(30)12-27(22(31)14-7-10-17(25)18(26)11-14)28-23(32)16-3-2-4-19(29(34)35)21(16)24(28)33/h2-11H,12H2,1H3. The van der Waals surface area contributed by atoms with Crippen molar-refractivity contribution in [2.45, 2.75) is 0 Å². The minimum atomic E-state index is -1.11.